The van der Waals surface area contributed by atoms with Crippen molar-refractivity contribution in [2.75, 3.05) is 5.32 Å². The Hall–Kier alpha value is -1.78. The van der Waals surface area contributed by atoms with Crippen LogP contribution in [0.3, 0.4) is 0 Å². The summed E-state index contributed by atoms with van der Waals surface area (Å²) in [6, 6.07) is 6.44. The third-order valence-electron chi connectivity index (χ3n) is 3.51. The lowest BCUT2D eigenvalue weighted by atomic mass is 10.1. The average Bonchev–Trinajstić information content (AvgIpc) is 2.89. The highest BCUT2D eigenvalue weighted by atomic mass is 35.5. The molecule has 1 aliphatic rings. The summed E-state index contributed by atoms with van der Waals surface area (Å²) in [7, 11) is 0. The van der Waals surface area contributed by atoms with E-state index < -0.39 is 5.91 Å². The van der Waals surface area contributed by atoms with Gasteiger partial charge in [-0.25, -0.2) is 0 Å². The number of halogens is 2. The molecular formula is C15H12Cl2N2O2. The first-order valence-corrected chi connectivity index (χ1v) is 7.31. The molecule has 0 atom stereocenters. The molecule has 0 radical (unpaired) electrons. The van der Waals surface area contributed by atoms with Crippen LogP contribution in [0.15, 0.2) is 29.1 Å². The SMILES string of the molecule is O=C(Nc1ccc(Cl)c(Cl)c1)c1cc2c([nH]c1=O)CCC2. The number of benzene rings is 1. The van der Waals surface area contributed by atoms with Crippen LogP contribution in [0.5, 0.6) is 0 Å². The third-order valence-corrected chi connectivity index (χ3v) is 4.25. The molecule has 0 saturated carbocycles. The van der Waals surface area contributed by atoms with Crippen molar-refractivity contribution in [3.05, 3.63) is 61.5 Å². The van der Waals surface area contributed by atoms with Crippen molar-refractivity contribution in [2.24, 2.45) is 0 Å². The maximum atomic E-state index is 12.2. The number of amides is 1. The van der Waals surface area contributed by atoms with Crippen molar-refractivity contribution in [1.82, 2.24) is 4.98 Å². The van der Waals surface area contributed by atoms with Crippen molar-refractivity contribution < 1.29 is 4.79 Å². The molecule has 0 aliphatic heterocycles. The Kier molecular flexibility index (Phi) is 3.74. The number of rotatable bonds is 2. The maximum Gasteiger partial charge on any atom is 0.261 e. The normalized spacial score (nSPS) is 13.0. The Bertz CT molecular complexity index is 784. The lowest BCUT2D eigenvalue weighted by Gasteiger charge is -2.07. The Balaban J connectivity index is 1.89. The first kappa shape index (κ1) is 14.2. The Labute approximate surface area is 131 Å². The summed E-state index contributed by atoms with van der Waals surface area (Å²) in [6.07, 6.45) is 2.75. The van der Waals surface area contributed by atoms with Gasteiger partial charge in [-0.15, -0.1) is 0 Å². The fourth-order valence-electron chi connectivity index (χ4n) is 2.45. The van der Waals surface area contributed by atoms with E-state index in [0.29, 0.717) is 15.7 Å². The van der Waals surface area contributed by atoms with Crippen molar-refractivity contribution in [2.45, 2.75) is 19.3 Å². The fraction of sp³-hybridized carbons (Fsp3) is 0.200. The predicted molar refractivity (Wildman–Crippen MR) is 83.5 cm³/mol. The van der Waals surface area contributed by atoms with Gasteiger partial charge in [-0.1, -0.05) is 23.2 Å². The van der Waals surface area contributed by atoms with Crippen LogP contribution < -0.4 is 10.9 Å². The van der Waals surface area contributed by atoms with E-state index in [9.17, 15) is 9.59 Å². The van der Waals surface area contributed by atoms with E-state index in [1.807, 2.05) is 0 Å². The zero-order chi connectivity index (χ0) is 15.0. The summed E-state index contributed by atoms with van der Waals surface area (Å²) in [4.78, 5) is 27.0. The second-order valence-electron chi connectivity index (χ2n) is 4.95. The van der Waals surface area contributed by atoms with Crippen LogP contribution in [0.4, 0.5) is 5.69 Å². The van der Waals surface area contributed by atoms with Gasteiger partial charge in [0.2, 0.25) is 0 Å². The molecule has 0 fully saturated rings. The number of carbonyl (C=O) groups is 1. The Morgan fingerprint density at radius 2 is 1.95 bits per heavy atom. The van der Waals surface area contributed by atoms with Crippen LogP contribution in [0, 0.1) is 0 Å². The molecule has 4 nitrogen and oxygen atoms in total. The molecule has 6 heteroatoms. The first-order valence-electron chi connectivity index (χ1n) is 6.56. The molecule has 1 aliphatic carbocycles. The highest BCUT2D eigenvalue weighted by Crippen LogP contribution is 2.25. The lowest BCUT2D eigenvalue weighted by Crippen LogP contribution is -2.24. The largest absolute Gasteiger partial charge is 0.325 e. The average molecular weight is 323 g/mol. The van der Waals surface area contributed by atoms with E-state index in [1.54, 1.807) is 24.3 Å². The number of aromatic amines is 1. The van der Waals surface area contributed by atoms with E-state index in [0.717, 1.165) is 30.5 Å². The van der Waals surface area contributed by atoms with Gasteiger partial charge in [0.1, 0.15) is 5.56 Å². The number of fused-ring (bicyclic) bond motifs is 1. The molecule has 2 N–H and O–H groups in total. The highest BCUT2D eigenvalue weighted by Gasteiger charge is 2.18. The number of aryl methyl sites for hydroxylation is 2. The quantitative estimate of drug-likeness (QED) is 0.889. The zero-order valence-electron chi connectivity index (χ0n) is 11.0. The zero-order valence-corrected chi connectivity index (χ0v) is 12.5. The summed E-state index contributed by atoms with van der Waals surface area (Å²) in [5, 5.41) is 3.41. The number of pyridine rings is 1. The molecule has 0 unspecified atom stereocenters. The third kappa shape index (κ3) is 2.82. The van der Waals surface area contributed by atoms with E-state index in [1.165, 1.54) is 0 Å². The number of aromatic nitrogens is 1. The minimum atomic E-state index is -0.454. The monoisotopic (exact) mass is 322 g/mol. The van der Waals surface area contributed by atoms with Crippen LogP contribution >= 0.6 is 23.2 Å². The highest BCUT2D eigenvalue weighted by molar-refractivity contribution is 6.42. The maximum absolute atomic E-state index is 12.2. The summed E-state index contributed by atoms with van der Waals surface area (Å²) >= 11 is 11.7. The topological polar surface area (TPSA) is 62.0 Å². The van der Waals surface area contributed by atoms with Crippen LogP contribution in [-0.2, 0) is 12.8 Å². The van der Waals surface area contributed by atoms with Gasteiger partial charge in [-0.3, -0.25) is 9.59 Å². The number of anilines is 1. The van der Waals surface area contributed by atoms with Crippen LogP contribution in [-0.4, -0.2) is 10.9 Å². The number of nitrogens with one attached hydrogen (secondary N) is 2. The van der Waals surface area contributed by atoms with Crippen LogP contribution in [0.1, 0.15) is 28.0 Å². The molecule has 108 valence electrons. The molecular weight excluding hydrogens is 311 g/mol. The van der Waals surface area contributed by atoms with Crippen molar-refractivity contribution in [3.63, 3.8) is 0 Å². The Morgan fingerprint density at radius 3 is 2.71 bits per heavy atom. The van der Waals surface area contributed by atoms with Crippen molar-refractivity contribution in [3.8, 4) is 0 Å². The number of H-pyrrole nitrogens is 1. The number of hydrogen-bond acceptors (Lipinski definition) is 2. The standard InChI is InChI=1S/C15H12Cl2N2O2/c16-11-5-4-9(7-12(11)17)18-14(20)10-6-8-2-1-3-13(8)19-15(10)21/h4-7H,1-3H2,(H,18,20)(H,19,21). The van der Waals surface area contributed by atoms with Gasteiger partial charge in [0.25, 0.3) is 11.5 Å². The molecule has 3 rings (SSSR count). The van der Waals surface area contributed by atoms with Gasteiger partial charge < -0.3 is 10.3 Å². The Morgan fingerprint density at radius 1 is 1.14 bits per heavy atom. The minimum absolute atomic E-state index is 0.113. The summed E-state index contributed by atoms with van der Waals surface area (Å²) in [5.41, 5.74) is 2.21. The summed E-state index contributed by atoms with van der Waals surface area (Å²) in [5.74, 6) is -0.454. The molecule has 21 heavy (non-hydrogen) atoms. The molecule has 1 aromatic heterocycles. The molecule has 1 heterocycles. The van der Waals surface area contributed by atoms with E-state index >= 15 is 0 Å². The van der Waals surface area contributed by atoms with Gasteiger partial charge in [0.15, 0.2) is 0 Å². The number of hydrogen-bond donors (Lipinski definition) is 2. The summed E-state index contributed by atoms with van der Waals surface area (Å²) in [6.45, 7) is 0. The van der Waals surface area contributed by atoms with Crippen LogP contribution in [0.25, 0.3) is 0 Å². The van der Waals surface area contributed by atoms with E-state index in [4.69, 9.17) is 23.2 Å². The number of carbonyl (C=O) groups excluding carboxylic acids is 1. The van der Waals surface area contributed by atoms with Crippen LogP contribution in [0.2, 0.25) is 10.0 Å². The van der Waals surface area contributed by atoms with E-state index in [-0.39, 0.29) is 11.1 Å². The molecule has 1 aromatic carbocycles. The smallest absolute Gasteiger partial charge is 0.261 e. The minimum Gasteiger partial charge on any atom is -0.325 e. The van der Waals surface area contributed by atoms with E-state index in [2.05, 4.69) is 10.3 Å². The van der Waals surface area contributed by atoms with Crippen molar-refractivity contribution >= 4 is 34.8 Å². The molecule has 2 aromatic rings. The fourth-order valence-corrected chi connectivity index (χ4v) is 2.75. The van der Waals surface area contributed by atoms with Gasteiger partial charge in [0.05, 0.1) is 10.0 Å². The summed E-state index contributed by atoms with van der Waals surface area (Å²) < 4.78 is 0. The first-order chi connectivity index (χ1) is 10.0. The lowest BCUT2D eigenvalue weighted by molar-refractivity contribution is 0.102. The van der Waals surface area contributed by atoms with Gasteiger partial charge in [0, 0.05) is 11.4 Å². The molecule has 0 saturated heterocycles. The second kappa shape index (κ2) is 5.54. The van der Waals surface area contributed by atoms with Gasteiger partial charge in [-0.05, 0) is 49.1 Å². The van der Waals surface area contributed by atoms with Gasteiger partial charge in [-0.2, -0.15) is 0 Å². The van der Waals surface area contributed by atoms with Gasteiger partial charge >= 0.3 is 0 Å². The van der Waals surface area contributed by atoms with Crippen molar-refractivity contribution in [1.29, 1.82) is 0 Å². The molecule has 0 spiro atoms. The molecule has 1 amide bonds. The molecule has 0 bridgehead atoms. The second-order valence-corrected chi connectivity index (χ2v) is 5.77. The predicted octanol–water partition coefficient (Wildman–Crippen LogP) is 3.42.